The predicted molar refractivity (Wildman–Crippen MR) is 78.2 cm³/mol. The number of nitrogens with zero attached hydrogens (tertiary/aromatic N) is 1. The van der Waals surface area contributed by atoms with Crippen molar-refractivity contribution in [3.8, 4) is 11.5 Å². The minimum atomic E-state index is -1.08. The number of aromatic nitrogens is 1. The van der Waals surface area contributed by atoms with E-state index >= 15 is 0 Å². The van der Waals surface area contributed by atoms with E-state index in [-0.39, 0.29) is 11.2 Å². The Morgan fingerprint density at radius 2 is 2.17 bits per heavy atom. The van der Waals surface area contributed by atoms with Crippen molar-refractivity contribution in [1.29, 1.82) is 0 Å². The quantitative estimate of drug-likeness (QED) is 0.804. The van der Waals surface area contributed by atoms with Gasteiger partial charge in [0.25, 0.3) is 0 Å². The molecule has 0 saturated heterocycles. The summed E-state index contributed by atoms with van der Waals surface area (Å²) >= 11 is 3.77. The van der Waals surface area contributed by atoms with E-state index in [0.717, 1.165) is 8.45 Å². The molecule has 0 saturated carbocycles. The largest absolute Gasteiger partial charge is 0.475 e. The lowest BCUT2D eigenvalue weighted by Gasteiger charge is -2.14. The molecule has 1 N–H and O–H groups in total. The third-order valence-corrected chi connectivity index (χ3v) is 4.14. The van der Waals surface area contributed by atoms with Crippen LogP contribution in [-0.2, 0) is 5.41 Å². The lowest BCUT2D eigenvalue weighted by molar-refractivity contribution is 0.0659. The van der Waals surface area contributed by atoms with Gasteiger partial charge in [0.2, 0.25) is 11.7 Å². The van der Waals surface area contributed by atoms with Crippen LogP contribution in [0.3, 0.4) is 0 Å². The van der Waals surface area contributed by atoms with E-state index in [2.05, 4.69) is 27.6 Å². The van der Waals surface area contributed by atoms with E-state index in [0.29, 0.717) is 11.6 Å². The fourth-order valence-corrected chi connectivity index (χ4v) is 2.84. The van der Waals surface area contributed by atoms with Gasteiger partial charge in [-0.1, -0.05) is 20.8 Å². The summed E-state index contributed by atoms with van der Waals surface area (Å²) in [5.74, 6) is -0.779. The molecule has 0 aliphatic heterocycles. The summed E-state index contributed by atoms with van der Waals surface area (Å²) in [5.41, 5.74) is 0.937. The first-order valence-electron chi connectivity index (χ1n) is 5.28. The molecule has 0 atom stereocenters. The first kappa shape index (κ1) is 13.5. The van der Waals surface area contributed by atoms with Crippen LogP contribution in [0.5, 0.6) is 0 Å². The summed E-state index contributed by atoms with van der Waals surface area (Å²) in [6.45, 7) is 5.75. The van der Waals surface area contributed by atoms with Crippen molar-refractivity contribution in [2.24, 2.45) is 0 Å². The number of oxazole rings is 1. The van der Waals surface area contributed by atoms with Crippen LogP contribution in [0.25, 0.3) is 11.5 Å². The fraction of sp³-hybridized carbons (Fsp3) is 0.333. The molecular formula is C12H12INO3S. The zero-order chi connectivity index (χ0) is 13.5. The maximum atomic E-state index is 11.2. The summed E-state index contributed by atoms with van der Waals surface area (Å²) in [6.07, 6.45) is 0. The average Bonchev–Trinajstić information content (AvgIpc) is 2.81. The van der Waals surface area contributed by atoms with E-state index in [1.807, 2.05) is 32.2 Å². The van der Waals surface area contributed by atoms with Gasteiger partial charge in [0, 0.05) is 16.4 Å². The number of hydrogen-bond donors (Lipinski definition) is 1. The number of rotatable bonds is 2. The molecule has 0 aromatic carbocycles. The molecule has 0 amide bonds. The van der Waals surface area contributed by atoms with Gasteiger partial charge in [-0.2, -0.15) is 0 Å². The Morgan fingerprint density at radius 1 is 1.50 bits per heavy atom. The highest BCUT2D eigenvalue weighted by Crippen LogP contribution is 2.32. The molecular weight excluding hydrogens is 365 g/mol. The minimum absolute atomic E-state index is 0.0706. The Labute approximate surface area is 122 Å². The van der Waals surface area contributed by atoms with E-state index in [1.54, 1.807) is 11.3 Å². The molecule has 0 aliphatic rings. The van der Waals surface area contributed by atoms with Gasteiger partial charge in [0.15, 0.2) is 0 Å². The SMILES string of the molecule is CC(C)(C)c1nc(-c2csc(I)c2)oc1C(=O)O. The van der Waals surface area contributed by atoms with Gasteiger partial charge < -0.3 is 9.52 Å². The van der Waals surface area contributed by atoms with Gasteiger partial charge in [-0.05, 0) is 28.7 Å². The maximum Gasteiger partial charge on any atom is 0.373 e. The van der Waals surface area contributed by atoms with Crippen LogP contribution in [0.4, 0.5) is 0 Å². The Balaban J connectivity index is 2.56. The van der Waals surface area contributed by atoms with Gasteiger partial charge in [-0.25, -0.2) is 9.78 Å². The van der Waals surface area contributed by atoms with Crippen molar-refractivity contribution in [2.75, 3.05) is 0 Å². The average molecular weight is 377 g/mol. The number of hydrogen-bond acceptors (Lipinski definition) is 4. The summed E-state index contributed by atoms with van der Waals surface area (Å²) < 4.78 is 6.50. The zero-order valence-electron chi connectivity index (χ0n) is 10.2. The lowest BCUT2D eigenvalue weighted by atomic mass is 9.91. The second-order valence-corrected chi connectivity index (χ2v) is 7.70. The van der Waals surface area contributed by atoms with Crippen molar-refractivity contribution < 1.29 is 14.3 Å². The smallest absolute Gasteiger partial charge is 0.373 e. The molecule has 4 nitrogen and oxygen atoms in total. The third kappa shape index (κ3) is 2.59. The normalized spacial score (nSPS) is 11.8. The van der Waals surface area contributed by atoms with Crippen LogP contribution in [0, 0.1) is 2.88 Å². The number of aromatic carboxylic acids is 1. The molecule has 0 unspecified atom stereocenters. The van der Waals surface area contributed by atoms with Gasteiger partial charge >= 0.3 is 5.97 Å². The van der Waals surface area contributed by atoms with Gasteiger partial charge in [0.1, 0.15) is 5.69 Å². The molecule has 0 fully saturated rings. The molecule has 18 heavy (non-hydrogen) atoms. The Kier molecular flexibility index (Phi) is 3.50. The molecule has 0 aliphatic carbocycles. The number of carbonyl (C=O) groups is 1. The van der Waals surface area contributed by atoms with Crippen LogP contribution in [0.2, 0.25) is 0 Å². The van der Waals surface area contributed by atoms with Crippen LogP contribution < -0.4 is 0 Å². The first-order chi connectivity index (χ1) is 8.29. The van der Waals surface area contributed by atoms with E-state index in [4.69, 9.17) is 9.52 Å². The number of carboxylic acids is 1. The number of thiophene rings is 1. The topological polar surface area (TPSA) is 63.3 Å². The minimum Gasteiger partial charge on any atom is -0.475 e. The van der Waals surface area contributed by atoms with Crippen LogP contribution >= 0.6 is 33.9 Å². The van der Waals surface area contributed by atoms with Gasteiger partial charge in [-0.15, -0.1) is 11.3 Å². The Hall–Kier alpha value is -0.890. The third-order valence-electron chi connectivity index (χ3n) is 2.35. The molecule has 0 bridgehead atoms. The van der Waals surface area contributed by atoms with Crippen molar-refractivity contribution in [3.63, 3.8) is 0 Å². The Bertz CT molecular complexity index is 595. The van der Waals surface area contributed by atoms with Gasteiger partial charge in [0.05, 0.1) is 2.88 Å². The Morgan fingerprint density at radius 3 is 2.56 bits per heavy atom. The molecule has 0 spiro atoms. The standard InChI is InChI=1S/C12H12INO3S/c1-12(2,3)9-8(11(15)16)17-10(14-9)6-4-7(13)18-5-6/h4-5H,1-3H3,(H,15,16). The molecule has 96 valence electrons. The van der Waals surface area contributed by atoms with Crippen molar-refractivity contribution in [1.82, 2.24) is 4.98 Å². The summed E-state index contributed by atoms with van der Waals surface area (Å²) in [5, 5.41) is 11.1. The molecule has 6 heteroatoms. The molecule has 2 rings (SSSR count). The van der Waals surface area contributed by atoms with Crippen LogP contribution in [0.1, 0.15) is 37.0 Å². The first-order valence-corrected chi connectivity index (χ1v) is 7.24. The highest BCUT2D eigenvalue weighted by Gasteiger charge is 2.29. The zero-order valence-corrected chi connectivity index (χ0v) is 13.1. The molecule has 0 radical (unpaired) electrons. The highest BCUT2D eigenvalue weighted by atomic mass is 127. The molecule has 2 aromatic rings. The molecule has 2 heterocycles. The lowest BCUT2D eigenvalue weighted by Crippen LogP contribution is -2.16. The van der Waals surface area contributed by atoms with E-state index in [9.17, 15) is 4.79 Å². The van der Waals surface area contributed by atoms with Crippen LogP contribution in [0.15, 0.2) is 15.9 Å². The van der Waals surface area contributed by atoms with Crippen LogP contribution in [-0.4, -0.2) is 16.1 Å². The van der Waals surface area contributed by atoms with Gasteiger partial charge in [-0.3, -0.25) is 0 Å². The van der Waals surface area contributed by atoms with Crippen molar-refractivity contribution >= 4 is 39.9 Å². The van der Waals surface area contributed by atoms with Crippen molar-refractivity contribution in [2.45, 2.75) is 26.2 Å². The van der Waals surface area contributed by atoms with E-state index < -0.39 is 5.97 Å². The molecule has 2 aromatic heterocycles. The summed E-state index contributed by atoms with van der Waals surface area (Å²) in [7, 11) is 0. The highest BCUT2D eigenvalue weighted by molar-refractivity contribution is 14.1. The van der Waals surface area contributed by atoms with E-state index in [1.165, 1.54) is 0 Å². The summed E-state index contributed by atoms with van der Waals surface area (Å²) in [4.78, 5) is 15.5. The summed E-state index contributed by atoms with van der Waals surface area (Å²) in [6, 6.07) is 1.93. The fourth-order valence-electron chi connectivity index (χ4n) is 1.52. The number of halogens is 1. The predicted octanol–water partition coefficient (Wildman–Crippen LogP) is 4.00. The monoisotopic (exact) mass is 377 g/mol. The van der Waals surface area contributed by atoms with Crippen molar-refractivity contribution in [3.05, 3.63) is 25.8 Å². The second kappa shape index (κ2) is 4.65. The second-order valence-electron chi connectivity index (χ2n) is 4.89. The number of carboxylic acid groups (broad SMARTS) is 1. The maximum absolute atomic E-state index is 11.2.